The van der Waals surface area contributed by atoms with Gasteiger partial charge in [0.15, 0.2) is 0 Å². The molecule has 30 heavy (non-hydrogen) atoms. The number of rotatable bonds is 8. The lowest BCUT2D eigenvalue weighted by Crippen LogP contribution is -1.98. The highest BCUT2D eigenvalue weighted by Crippen LogP contribution is 2.31. The number of ether oxygens (including phenoxy) is 4. The number of aryl methyl sites for hydroxylation is 2. The lowest BCUT2D eigenvalue weighted by molar-refractivity contribution is 0.181. The SMILES string of the molecule is COCc1c(C)nn(C)c1Oc1ccc(Oc2ccc(OC(C)=C(Cl)Cl)cc2)cc1. The minimum absolute atomic E-state index is 0.0910. The predicted molar refractivity (Wildman–Crippen MR) is 117 cm³/mol. The fourth-order valence-corrected chi connectivity index (χ4v) is 2.81. The molecule has 158 valence electrons. The van der Waals surface area contributed by atoms with Crippen molar-refractivity contribution < 1.29 is 18.9 Å². The fourth-order valence-electron chi connectivity index (χ4n) is 2.73. The van der Waals surface area contributed by atoms with E-state index < -0.39 is 0 Å². The normalized spacial score (nSPS) is 10.6. The van der Waals surface area contributed by atoms with E-state index in [1.165, 1.54) is 0 Å². The van der Waals surface area contributed by atoms with Gasteiger partial charge in [-0.25, -0.2) is 4.68 Å². The van der Waals surface area contributed by atoms with Gasteiger partial charge in [0, 0.05) is 14.2 Å². The van der Waals surface area contributed by atoms with Crippen LogP contribution in [0.25, 0.3) is 0 Å². The van der Waals surface area contributed by atoms with Gasteiger partial charge in [-0.3, -0.25) is 0 Å². The van der Waals surface area contributed by atoms with Gasteiger partial charge in [0.25, 0.3) is 0 Å². The zero-order valence-electron chi connectivity index (χ0n) is 17.1. The van der Waals surface area contributed by atoms with E-state index >= 15 is 0 Å². The molecule has 0 bridgehead atoms. The van der Waals surface area contributed by atoms with Crippen molar-refractivity contribution >= 4 is 23.2 Å². The molecule has 0 N–H and O–H groups in total. The summed E-state index contributed by atoms with van der Waals surface area (Å²) in [6.07, 6.45) is 0. The molecule has 2 aromatic carbocycles. The van der Waals surface area contributed by atoms with Crippen LogP contribution in [0.15, 0.2) is 58.8 Å². The Morgan fingerprint density at radius 1 is 0.900 bits per heavy atom. The maximum absolute atomic E-state index is 6.01. The molecule has 1 heterocycles. The zero-order chi connectivity index (χ0) is 21.7. The Kier molecular flexibility index (Phi) is 7.26. The summed E-state index contributed by atoms with van der Waals surface area (Å²) >= 11 is 11.4. The summed E-state index contributed by atoms with van der Waals surface area (Å²) < 4.78 is 24.4. The van der Waals surface area contributed by atoms with Crippen molar-refractivity contribution in [1.29, 1.82) is 0 Å². The minimum Gasteiger partial charge on any atom is -0.460 e. The first-order chi connectivity index (χ1) is 14.4. The second kappa shape index (κ2) is 9.89. The number of halogens is 2. The van der Waals surface area contributed by atoms with E-state index in [9.17, 15) is 0 Å². The number of allylic oxidation sites excluding steroid dienone is 1. The van der Waals surface area contributed by atoms with Crippen LogP contribution in [0, 0.1) is 6.92 Å². The third kappa shape index (κ3) is 5.48. The monoisotopic (exact) mass is 448 g/mol. The summed E-state index contributed by atoms with van der Waals surface area (Å²) in [7, 11) is 3.48. The summed E-state index contributed by atoms with van der Waals surface area (Å²) in [5.41, 5.74) is 1.80. The van der Waals surface area contributed by atoms with Gasteiger partial charge in [-0.2, -0.15) is 5.10 Å². The van der Waals surface area contributed by atoms with Crippen molar-refractivity contribution in [3.63, 3.8) is 0 Å². The quantitative estimate of drug-likeness (QED) is 0.367. The summed E-state index contributed by atoms with van der Waals surface area (Å²) in [4.78, 5) is 0. The first-order valence-corrected chi connectivity index (χ1v) is 9.90. The Hall–Kier alpha value is -2.67. The smallest absolute Gasteiger partial charge is 0.223 e. The molecule has 3 aromatic rings. The Bertz CT molecular complexity index is 1020. The van der Waals surface area contributed by atoms with Gasteiger partial charge in [0.1, 0.15) is 33.2 Å². The van der Waals surface area contributed by atoms with Gasteiger partial charge in [0.2, 0.25) is 5.88 Å². The van der Waals surface area contributed by atoms with Crippen molar-refractivity contribution in [3.05, 3.63) is 70.0 Å². The Balaban J connectivity index is 1.66. The average Bonchev–Trinajstić information content (AvgIpc) is 2.98. The highest BCUT2D eigenvalue weighted by molar-refractivity contribution is 6.56. The molecule has 0 atom stereocenters. The summed E-state index contributed by atoms with van der Waals surface area (Å²) in [5, 5.41) is 4.39. The molecule has 0 amide bonds. The molecule has 0 spiro atoms. The number of methoxy groups -OCH3 is 1. The van der Waals surface area contributed by atoms with Crippen LogP contribution in [-0.4, -0.2) is 16.9 Å². The van der Waals surface area contributed by atoms with Gasteiger partial charge in [-0.05, 0) is 62.4 Å². The Labute approximate surface area is 185 Å². The first kappa shape index (κ1) is 22.0. The van der Waals surface area contributed by atoms with Crippen LogP contribution < -0.4 is 14.2 Å². The van der Waals surface area contributed by atoms with Crippen LogP contribution in [0.1, 0.15) is 18.2 Å². The Morgan fingerprint density at radius 2 is 1.40 bits per heavy atom. The van der Waals surface area contributed by atoms with E-state index in [4.69, 9.17) is 42.1 Å². The molecule has 0 aliphatic heterocycles. The van der Waals surface area contributed by atoms with E-state index in [0.717, 1.165) is 11.3 Å². The van der Waals surface area contributed by atoms with E-state index in [0.29, 0.717) is 41.2 Å². The van der Waals surface area contributed by atoms with Crippen LogP contribution in [0.4, 0.5) is 0 Å². The molecule has 0 unspecified atom stereocenters. The van der Waals surface area contributed by atoms with Crippen LogP contribution in [0.3, 0.4) is 0 Å². The number of hydrogen-bond donors (Lipinski definition) is 0. The van der Waals surface area contributed by atoms with Gasteiger partial charge in [-0.1, -0.05) is 23.2 Å². The molecule has 0 saturated heterocycles. The van der Waals surface area contributed by atoms with Crippen LogP contribution in [0.2, 0.25) is 0 Å². The Morgan fingerprint density at radius 3 is 1.90 bits per heavy atom. The van der Waals surface area contributed by atoms with Crippen molar-refractivity contribution in [2.24, 2.45) is 7.05 Å². The lowest BCUT2D eigenvalue weighted by atomic mass is 10.2. The van der Waals surface area contributed by atoms with Crippen LogP contribution in [-0.2, 0) is 18.4 Å². The highest BCUT2D eigenvalue weighted by atomic mass is 35.5. The van der Waals surface area contributed by atoms with Gasteiger partial charge < -0.3 is 18.9 Å². The van der Waals surface area contributed by atoms with E-state index in [1.807, 2.05) is 38.2 Å². The number of nitrogens with zero attached hydrogens (tertiary/aromatic N) is 2. The molecule has 0 radical (unpaired) electrons. The number of hydrogen-bond acceptors (Lipinski definition) is 5. The van der Waals surface area contributed by atoms with Crippen LogP contribution >= 0.6 is 23.2 Å². The molecule has 3 rings (SSSR count). The minimum atomic E-state index is 0.0910. The molecular weight excluding hydrogens is 427 g/mol. The lowest BCUT2D eigenvalue weighted by Gasteiger charge is -2.11. The largest absolute Gasteiger partial charge is 0.460 e. The molecule has 1 aromatic heterocycles. The zero-order valence-corrected chi connectivity index (χ0v) is 18.6. The van der Waals surface area contributed by atoms with E-state index in [-0.39, 0.29) is 4.49 Å². The predicted octanol–water partition coefficient (Wildman–Crippen LogP) is 6.50. The van der Waals surface area contributed by atoms with Crippen molar-refractivity contribution in [2.75, 3.05) is 7.11 Å². The van der Waals surface area contributed by atoms with Gasteiger partial charge in [-0.15, -0.1) is 0 Å². The highest BCUT2D eigenvalue weighted by Gasteiger charge is 2.15. The molecule has 0 aliphatic rings. The fraction of sp³-hybridized carbons (Fsp3) is 0.227. The second-order valence-corrected chi connectivity index (χ2v) is 7.44. The molecule has 6 nitrogen and oxygen atoms in total. The third-order valence-electron chi connectivity index (χ3n) is 4.21. The molecule has 0 saturated carbocycles. The number of aromatic nitrogens is 2. The van der Waals surface area contributed by atoms with E-state index in [1.54, 1.807) is 43.0 Å². The van der Waals surface area contributed by atoms with Crippen molar-refractivity contribution in [3.8, 4) is 28.9 Å². The second-order valence-electron chi connectivity index (χ2n) is 6.49. The molecule has 8 heteroatoms. The maximum Gasteiger partial charge on any atom is 0.223 e. The summed E-state index contributed by atoms with van der Waals surface area (Å²) in [5.74, 6) is 3.71. The van der Waals surface area contributed by atoms with Crippen LogP contribution in [0.5, 0.6) is 28.9 Å². The van der Waals surface area contributed by atoms with E-state index in [2.05, 4.69) is 5.10 Å². The summed E-state index contributed by atoms with van der Waals surface area (Å²) in [6, 6.07) is 14.5. The number of benzene rings is 2. The topological polar surface area (TPSA) is 54.7 Å². The van der Waals surface area contributed by atoms with Gasteiger partial charge >= 0.3 is 0 Å². The summed E-state index contributed by atoms with van der Waals surface area (Å²) in [6.45, 7) is 4.05. The third-order valence-corrected chi connectivity index (χ3v) is 4.74. The molecule has 0 fully saturated rings. The standard InChI is InChI=1S/C22H22Cl2N2O4/c1-14-20(13-27-4)22(26(3)25-14)30-19-11-9-18(10-12-19)29-17-7-5-16(6-8-17)28-15(2)21(23)24/h5-12H,13H2,1-4H3. The first-order valence-electron chi connectivity index (χ1n) is 9.14. The van der Waals surface area contributed by atoms with Gasteiger partial charge in [0.05, 0.1) is 17.9 Å². The maximum atomic E-state index is 6.01. The average molecular weight is 449 g/mol. The van der Waals surface area contributed by atoms with Crippen molar-refractivity contribution in [1.82, 2.24) is 9.78 Å². The molecular formula is C22H22Cl2N2O4. The van der Waals surface area contributed by atoms with Crippen molar-refractivity contribution in [2.45, 2.75) is 20.5 Å². The molecule has 0 aliphatic carbocycles.